The van der Waals surface area contributed by atoms with E-state index in [-0.39, 0.29) is 5.41 Å². The Balaban J connectivity index is 0.974. The fourth-order valence-corrected chi connectivity index (χ4v) is 11.9. The third-order valence-corrected chi connectivity index (χ3v) is 15.7. The number of para-hydroxylation sites is 1. The van der Waals surface area contributed by atoms with Gasteiger partial charge in [-0.25, -0.2) is 4.98 Å². The maximum atomic E-state index is 5.67. The fourth-order valence-electron chi connectivity index (χ4n) is 11.9. The number of nitrogens with zero attached hydrogens (tertiary/aromatic N) is 2. The lowest BCUT2D eigenvalue weighted by Crippen LogP contribution is -2.15. The molecule has 0 unspecified atom stereocenters. The van der Waals surface area contributed by atoms with Crippen molar-refractivity contribution in [1.29, 1.82) is 0 Å². The van der Waals surface area contributed by atoms with Crippen LogP contribution in [0, 0.1) is 0 Å². The van der Waals surface area contributed by atoms with Gasteiger partial charge in [0.2, 0.25) is 0 Å². The Kier molecular flexibility index (Phi) is 10.9. The molecular weight excluding hydrogens is 917 g/mol. The van der Waals surface area contributed by atoms with Crippen LogP contribution < -0.4 is 0 Å². The zero-order chi connectivity index (χ0) is 50.7. The van der Waals surface area contributed by atoms with Gasteiger partial charge in [-0.1, -0.05) is 214 Å². The van der Waals surface area contributed by atoms with Crippen LogP contribution in [0.4, 0.5) is 0 Å². The molecule has 358 valence electrons. The van der Waals surface area contributed by atoms with Crippen LogP contribution >= 0.6 is 0 Å². The van der Waals surface area contributed by atoms with Crippen LogP contribution in [0.5, 0.6) is 0 Å². The zero-order valence-corrected chi connectivity index (χ0v) is 42.5. The van der Waals surface area contributed by atoms with E-state index in [1.807, 2.05) is 0 Å². The molecule has 0 amide bonds. The lowest BCUT2D eigenvalue weighted by molar-refractivity contribution is 0.661. The van der Waals surface area contributed by atoms with Gasteiger partial charge in [-0.05, 0) is 168 Å². The summed E-state index contributed by atoms with van der Waals surface area (Å²) in [5.41, 5.74) is 26.5. The van der Waals surface area contributed by atoms with Crippen molar-refractivity contribution >= 4 is 21.8 Å². The highest BCUT2D eigenvalue weighted by molar-refractivity contribution is 6.12. The number of fused-ring (bicyclic) bond motifs is 6. The van der Waals surface area contributed by atoms with E-state index in [4.69, 9.17) is 4.98 Å². The number of benzene rings is 11. The van der Waals surface area contributed by atoms with Crippen molar-refractivity contribution in [3.8, 4) is 106 Å². The molecule has 0 N–H and O–H groups in total. The van der Waals surface area contributed by atoms with E-state index in [1.54, 1.807) is 0 Å². The van der Waals surface area contributed by atoms with Crippen LogP contribution in [0.25, 0.3) is 128 Å². The Morgan fingerprint density at radius 3 is 1.13 bits per heavy atom. The molecule has 0 spiro atoms. The Hall–Kier alpha value is -9.63. The lowest BCUT2D eigenvalue weighted by Gasteiger charge is -2.22. The van der Waals surface area contributed by atoms with Gasteiger partial charge in [-0.2, -0.15) is 0 Å². The van der Waals surface area contributed by atoms with E-state index >= 15 is 0 Å². The molecule has 11 aromatic carbocycles. The maximum absolute atomic E-state index is 5.67. The van der Waals surface area contributed by atoms with E-state index in [9.17, 15) is 0 Å². The highest BCUT2D eigenvalue weighted by Crippen LogP contribution is 2.51. The van der Waals surface area contributed by atoms with Gasteiger partial charge in [0.15, 0.2) is 0 Å². The third kappa shape index (κ3) is 7.95. The molecule has 0 bridgehead atoms. The number of rotatable bonds is 9. The van der Waals surface area contributed by atoms with E-state index in [1.165, 1.54) is 83.1 Å². The fraction of sp³-hybridized carbons (Fsp3) is 0.0405. The maximum Gasteiger partial charge on any atom is 0.0730 e. The minimum atomic E-state index is -0.159. The van der Waals surface area contributed by atoms with Crippen molar-refractivity contribution in [2.75, 3.05) is 0 Å². The Morgan fingerprint density at radius 2 is 0.645 bits per heavy atom. The standard InChI is InChI=1S/C74H52N2/c1-74(2)68-35-17-15-33-64(68)66-47-67-65-34-16-18-36-72(65)76(73(67)48-69(66)74)63-45-70(55-31-19-29-53(37-55)61-41-57(49-21-7-3-8-22-49)39-58(42-61)50-23-9-4-10-24-50)75-71(46-63)56-32-20-30-54(38-56)62-43-59(51-25-11-5-12-26-51)40-60(44-62)52-27-13-6-14-28-52/h3-48H,1-2H3. The average molecular weight is 969 g/mol. The summed E-state index contributed by atoms with van der Waals surface area (Å²) in [6.45, 7) is 4.74. The molecule has 2 aromatic heterocycles. The molecule has 2 nitrogen and oxygen atoms in total. The van der Waals surface area contributed by atoms with Gasteiger partial charge in [0.25, 0.3) is 0 Å². The van der Waals surface area contributed by atoms with Crippen LogP contribution in [-0.4, -0.2) is 9.55 Å². The molecule has 0 radical (unpaired) electrons. The second kappa shape index (κ2) is 18.4. The molecule has 0 fully saturated rings. The molecule has 0 aliphatic heterocycles. The SMILES string of the molecule is CC1(C)c2ccccc2-c2cc3c4ccccc4n(-c4cc(-c5cccc(-c6cc(-c7ccccc7)cc(-c7ccccc7)c6)c5)nc(-c5cccc(-c6cc(-c7ccccc7)cc(-c7ccccc7)c6)c5)c4)c3cc21. The molecule has 0 saturated carbocycles. The van der Waals surface area contributed by atoms with E-state index < -0.39 is 0 Å². The Bertz CT molecular complexity index is 4030. The first-order valence-electron chi connectivity index (χ1n) is 26.3. The normalized spacial score (nSPS) is 12.4. The van der Waals surface area contributed by atoms with Crippen molar-refractivity contribution in [3.63, 3.8) is 0 Å². The van der Waals surface area contributed by atoms with Gasteiger partial charge in [0.05, 0.1) is 28.1 Å². The second-order valence-electron chi connectivity index (χ2n) is 20.8. The molecule has 76 heavy (non-hydrogen) atoms. The van der Waals surface area contributed by atoms with Crippen molar-refractivity contribution in [2.24, 2.45) is 0 Å². The molecule has 0 atom stereocenters. The smallest absolute Gasteiger partial charge is 0.0730 e. The van der Waals surface area contributed by atoms with E-state index in [0.717, 1.165) is 56.0 Å². The number of aromatic nitrogens is 2. The highest BCUT2D eigenvalue weighted by Gasteiger charge is 2.36. The first-order chi connectivity index (χ1) is 37.4. The first-order valence-corrected chi connectivity index (χ1v) is 26.3. The van der Waals surface area contributed by atoms with Crippen LogP contribution in [0.15, 0.2) is 279 Å². The molecule has 13 aromatic rings. The van der Waals surface area contributed by atoms with E-state index in [2.05, 4.69) is 297 Å². The topological polar surface area (TPSA) is 17.8 Å². The minimum absolute atomic E-state index is 0.159. The van der Waals surface area contributed by atoms with Crippen LogP contribution in [0.1, 0.15) is 25.0 Å². The van der Waals surface area contributed by atoms with Crippen LogP contribution in [0.2, 0.25) is 0 Å². The minimum Gasteiger partial charge on any atom is -0.309 e. The molecule has 0 saturated heterocycles. The monoisotopic (exact) mass is 968 g/mol. The molecule has 2 heterocycles. The zero-order valence-electron chi connectivity index (χ0n) is 42.5. The summed E-state index contributed by atoms with van der Waals surface area (Å²) in [6.07, 6.45) is 0. The summed E-state index contributed by atoms with van der Waals surface area (Å²) in [6, 6.07) is 102. The van der Waals surface area contributed by atoms with Gasteiger partial charge >= 0.3 is 0 Å². The largest absolute Gasteiger partial charge is 0.309 e. The molecule has 1 aliphatic rings. The van der Waals surface area contributed by atoms with Crippen molar-refractivity contribution in [3.05, 3.63) is 290 Å². The predicted octanol–water partition coefficient (Wildman–Crippen LogP) is 19.8. The molecular formula is C74H52N2. The van der Waals surface area contributed by atoms with E-state index in [0.29, 0.717) is 0 Å². The van der Waals surface area contributed by atoms with Gasteiger partial charge < -0.3 is 4.57 Å². The van der Waals surface area contributed by atoms with Crippen LogP contribution in [0.3, 0.4) is 0 Å². The summed E-state index contributed by atoms with van der Waals surface area (Å²) in [5, 5.41) is 2.47. The Morgan fingerprint density at radius 1 is 0.263 bits per heavy atom. The van der Waals surface area contributed by atoms with Crippen molar-refractivity contribution in [1.82, 2.24) is 9.55 Å². The summed E-state index contributed by atoms with van der Waals surface area (Å²) in [5.74, 6) is 0. The summed E-state index contributed by atoms with van der Waals surface area (Å²) in [4.78, 5) is 5.67. The summed E-state index contributed by atoms with van der Waals surface area (Å²) in [7, 11) is 0. The first kappa shape index (κ1) is 45.0. The number of hydrogen-bond donors (Lipinski definition) is 0. The van der Waals surface area contributed by atoms with Gasteiger partial charge in [-0.15, -0.1) is 0 Å². The highest BCUT2D eigenvalue weighted by atomic mass is 15.0. The molecule has 14 rings (SSSR count). The quantitative estimate of drug-likeness (QED) is 0.141. The van der Waals surface area contributed by atoms with Gasteiger partial charge in [-0.3, -0.25) is 0 Å². The Labute approximate surface area is 444 Å². The third-order valence-electron chi connectivity index (χ3n) is 15.7. The lowest BCUT2D eigenvalue weighted by atomic mass is 9.82. The molecule has 1 aliphatic carbocycles. The van der Waals surface area contributed by atoms with Gasteiger partial charge in [0.1, 0.15) is 0 Å². The number of hydrogen-bond acceptors (Lipinski definition) is 1. The van der Waals surface area contributed by atoms with Gasteiger partial charge in [0, 0.05) is 27.3 Å². The number of pyridine rings is 1. The summed E-state index contributed by atoms with van der Waals surface area (Å²) >= 11 is 0. The predicted molar refractivity (Wildman–Crippen MR) is 320 cm³/mol. The van der Waals surface area contributed by atoms with Crippen molar-refractivity contribution in [2.45, 2.75) is 19.3 Å². The molecule has 2 heteroatoms. The van der Waals surface area contributed by atoms with Crippen LogP contribution in [-0.2, 0) is 5.41 Å². The average Bonchev–Trinajstić information content (AvgIpc) is 3.96. The summed E-state index contributed by atoms with van der Waals surface area (Å²) < 4.78 is 2.48. The van der Waals surface area contributed by atoms with Crippen molar-refractivity contribution < 1.29 is 0 Å². The second-order valence-corrected chi connectivity index (χ2v) is 20.8.